The minimum atomic E-state index is -4.37. The minimum absolute atomic E-state index is 0.00817. The number of hydrogen-bond donors (Lipinski definition) is 6. The van der Waals surface area contributed by atoms with Crippen LogP contribution < -0.4 is 16.1 Å². The van der Waals surface area contributed by atoms with Crippen LogP contribution in [0.15, 0.2) is 40.1 Å². The van der Waals surface area contributed by atoms with Crippen molar-refractivity contribution < 1.29 is 66.9 Å². The van der Waals surface area contributed by atoms with Crippen molar-refractivity contribution in [3.8, 4) is 0 Å². The minimum Gasteiger partial charge on any atom is -0.731 e. The molecule has 4 rings (SSSR count). The summed E-state index contributed by atoms with van der Waals surface area (Å²) in [6.45, 7) is 5.23. The monoisotopic (exact) mass is 832 g/mol. The van der Waals surface area contributed by atoms with Gasteiger partial charge in [0, 0.05) is 11.1 Å². The summed E-state index contributed by atoms with van der Waals surface area (Å²) in [7, 11) is -4.37. The van der Waals surface area contributed by atoms with Gasteiger partial charge in [-0.05, 0) is 69.7 Å². The van der Waals surface area contributed by atoms with Gasteiger partial charge in [-0.15, -0.1) is 0 Å². The summed E-state index contributed by atoms with van der Waals surface area (Å²) < 4.78 is 35.5. The highest BCUT2D eigenvalue weighted by atomic mass is 35.5. The van der Waals surface area contributed by atoms with Gasteiger partial charge in [-0.3, -0.25) is 29.7 Å². The molecule has 0 radical (unpaired) electrons. The second-order valence-electron chi connectivity index (χ2n) is 13.1. The van der Waals surface area contributed by atoms with Gasteiger partial charge in [0.2, 0.25) is 26.7 Å². The number of sulfone groups is 1. The third-order valence-corrected chi connectivity index (χ3v) is 11.1. The molecule has 56 heavy (non-hydrogen) atoms. The number of fused-ring (bicyclic) bond motifs is 1. The number of hydroxylamine groups is 3. The number of rotatable bonds is 18. The fourth-order valence-corrected chi connectivity index (χ4v) is 7.99. The first-order valence-electron chi connectivity index (χ1n) is 17.9. The largest absolute Gasteiger partial charge is 0.731 e. The van der Waals surface area contributed by atoms with Crippen LogP contribution in [-0.2, 0) is 53.0 Å². The highest BCUT2D eigenvalue weighted by Crippen LogP contribution is 2.40. The summed E-state index contributed by atoms with van der Waals surface area (Å²) in [5, 5.41) is 43.0. The van der Waals surface area contributed by atoms with Crippen LogP contribution in [-0.4, -0.2) is 113 Å². The molecule has 6 N–H and O–H groups in total. The van der Waals surface area contributed by atoms with Crippen molar-refractivity contribution in [2.75, 3.05) is 13.2 Å². The number of amides is 2. The number of carboxylic acid groups (broad SMARTS) is 3. The van der Waals surface area contributed by atoms with Gasteiger partial charge in [0.1, 0.15) is 18.1 Å². The third-order valence-electron chi connectivity index (χ3n) is 9.15. The van der Waals surface area contributed by atoms with Crippen molar-refractivity contribution in [2.45, 2.75) is 114 Å². The van der Waals surface area contributed by atoms with Crippen LogP contribution in [0.1, 0.15) is 78.6 Å². The van der Waals surface area contributed by atoms with E-state index in [2.05, 4.69) is 10.3 Å². The van der Waals surface area contributed by atoms with Crippen LogP contribution in [0.2, 0.25) is 5.02 Å². The molecule has 1 aliphatic carbocycles. The SMILES string of the molecule is CCC[C@H](N[C@@H](C)C(=O)N1[C@H](C(=O)O)C[C@@H]2CCCC[C@@H]21)C(=O)OCC.O=C(O)C[C@H](NC(=O)CCOC1=C(S(=O)(=O)c2ccc(Cl)cc2)N([O-])ON1)C(=O)O. The van der Waals surface area contributed by atoms with E-state index in [0.29, 0.717) is 19.4 Å². The Bertz CT molecular complexity index is 1730. The van der Waals surface area contributed by atoms with Gasteiger partial charge in [-0.1, -0.05) is 37.8 Å². The zero-order valence-corrected chi connectivity index (χ0v) is 32.5. The first-order chi connectivity index (χ1) is 26.4. The molecule has 6 atom stereocenters. The number of esters is 1. The number of ether oxygens (including phenoxy) is 2. The first-order valence-corrected chi connectivity index (χ1v) is 19.8. The standard InChI is InChI=1S/C19H32N2O5.C15H15ClN3O10S/c1-4-8-14(19(25)26-5-2)20-12(3)17(22)21-15-10-7-6-9-13(15)11-16(21)18(23)24;16-8-1-3-9(4-2-8)30(26,27)14-13(18-29-19(14)25)28-6-5-11(20)17-10(15(23)24)7-12(21)22/h12-16,20H,4-11H2,1-3H3,(H,23,24);1-4,10,18H,5-7H2,(H,17,20)(H,21,22)(H,23,24)/q;-1/t12-,13-,14-,15-,16-;10-/m00/s1. The molecule has 0 aromatic heterocycles. The molecule has 1 saturated heterocycles. The average molecular weight is 833 g/mol. The molecule has 2 amide bonds. The van der Waals surface area contributed by atoms with E-state index in [1.165, 1.54) is 12.1 Å². The molecule has 20 nitrogen and oxygen atoms in total. The fourth-order valence-electron chi connectivity index (χ4n) is 6.57. The zero-order valence-electron chi connectivity index (χ0n) is 31.0. The molecule has 3 aliphatic rings. The summed E-state index contributed by atoms with van der Waals surface area (Å²) in [6.07, 6.45) is 4.57. The fraction of sp³-hybridized carbons (Fsp3) is 0.588. The van der Waals surface area contributed by atoms with Crippen molar-refractivity contribution in [2.24, 2.45) is 5.92 Å². The van der Waals surface area contributed by atoms with Gasteiger partial charge in [0.15, 0.2) is 0 Å². The van der Waals surface area contributed by atoms with Crippen molar-refractivity contribution in [1.29, 1.82) is 0 Å². The lowest BCUT2D eigenvalue weighted by atomic mass is 9.84. The van der Waals surface area contributed by atoms with Gasteiger partial charge < -0.3 is 40.2 Å². The smallest absolute Gasteiger partial charge is 0.326 e. The van der Waals surface area contributed by atoms with E-state index >= 15 is 0 Å². The Balaban J connectivity index is 0.000000303. The third kappa shape index (κ3) is 12.1. The van der Waals surface area contributed by atoms with Gasteiger partial charge in [-0.2, -0.15) is 4.94 Å². The van der Waals surface area contributed by atoms with Crippen molar-refractivity contribution in [1.82, 2.24) is 26.2 Å². The molecular weight excluding hydrogens is 786 g/mol. The lowest BCUT2D eigenvalue weighted by molar-refractivity contribution is -0.152. The zero-order chi connectivity index (χ0) is 41.7. The number of carbonyl (C=O) groups is 6. The van der Waals surface area contributed by atoms with Gasteiger partial charge >= 0.3 is 23.9 Å². The predicted octanol–water partition coefficient (Wildman–Crippen LogP) is 1.88. The average Bonchev–Trinajstić information content (AvgIpc) is 3.72. The van der Waals surface area contributed by atoms with Gasteiger partial charge in [0.25, 0.3) is 5.88 Å². The number of hydrogen-bond acceptors (Lipinski definition) is 15. The first kappa shape index (κ1) is 45.7. The van der Waals surface area contributed by atoms with Crippen LogP contribution in [0.5, 0.6) is 0 Å². The van der Waals surface area contributed by atoms with Gasteiger partial charge in [0.05, 0.1) is 37.0 Å². The van der Waals surface area contributed by atoms with Crippen LogP contribution in [0.25, 0.3) is 0 Å². The maximum absolute atomic E-state index is 13.1. The quantitative estimate of drug-likeness (QED) is 0.115. The Kier molecular flexibility index (Phi) is 17.1. The Morgan fingerprint density at radius 1 is 1.05 bits per heavy atom. The predicted molar refractivity (Wildman–Crippen MR) is 194 cm³/mol. The molecular formula is C34H47ClN5O15S-. The molecule has 312 valence electrons. The number of carbonyl (C=O) groups excluding carboxylic acids is 3. The van der Waals surface area contributed by atoms with E-state index < -0.39 is 88.2 Å². The molecule has 1 aromatic rings. The molecule has 1 aromatic carbocycles. The van der Waals surface area contributed by atoms with Crippen LogP contribution >= 0.6 is 11.6 Å². The van der Waals surface area contributed by atoms with Crippen molar-refractivity contribution in [3.63, 3.8) is 0 Å². The topological polar surface area (TPSA) is 291 Å². The number of nitrogens with zero attached hydrogens (tertiary/aromatic N) is 2. The van der Waals surface area contributed by atoms with Crippen molar-refractivity contribution >= 4 is 57.1 Å². The second-order valence-corrected chi connectivity index (χ2v) is 15.4. The molecule has 0 bridgehead atoms. The molecule has 2 fully saturated rings. The lowest BCUT2D eigenvalue weighted by Gasteiger charge is -2.35. The number of halogens is 1. The lowest BCUT2D eigenvalue weighted by Crippen LogP contribution is -2.55. The number of nitrogens with one attached hydrogen (secondary N) is 3. The number of likely N-dealkylation sites (tertiary alicyclic amines) is 1. The van der Waals surface area contributed by atoms with Crippen molar-refractivity contribution in [3.05, 3.63) is 45.4 Å². The molecule has 0 spiro atoms. The van der Waals surface area contributed by atoms with Crippen LogP contribution in [0, 0.1) is 11.1 Å². The van der Waals surface area contributed by atoms with E-state index in [4.69, 9.17) is 31.3 Å². The Labute approximate surface area is 327 Å². The molecule has 2 heterocycles. The Morgan fingerprint density at radius 3 is 2.30 bits per heavy atom. The summed E-state index contributed by atoms with van der Waals surface area (Å²) in [5.74, 6) is -5.68. The second kappa shape index (κ2) is 21.0. The van der Waals surface area contributed by atoms with E-state index in [1.807, 2.05) is 17.7 Å². The summed E-state index contributed by atoms with van der Waals surface area (Å²) in [4.78, 5) is 75.9. The maximum Gasteiger partial charge on any atom is 0.326 e. The highest BCUT2D eigenvalue weighted by molar-refractivity contribution is 7.95. The van der Waals surface area contributed by atoms with Gasteiger partial charge in [-0.25, -0.2) is 23.5 Å². The molecule has 22 heteroatoms. The number of carboxylic acids is 3. The number of aliphatic carboxylic acids is 3. The van der Waals surface area contributed by atoms with E-state index in [0.717, 1.165) is 44.2 Å². The maximum atomic E-state index is 13.1. The molecule has 0 unspecified atom stereocenters. The Morgan fingerprint density at radius 2 is 1.71 bits per heavy atom. The number of benzene rings is 1. The van der Waals surface area contributed by atoms with E-state index in [9.17, 15) is 47.5 Å². The summed E-state index contributed by atoms with van der Waals surface area (Å²) in [5.41, 5.74) is 1.96. The highest BCUT2D eigenvalue weighted by Gasteiger charge is 2.48. The molecule has 2 aliphatic heterocycles. The van der Waals surface area contributed by atoms with E-state index in [1.54, 1.807) is 18.7 Å². The summed E-state index contributed by atoms with van der Waals surface area (Å²) in [6, 6.07) is 1.35. The van der Waals surface area contributed by atoms with Crippen LogP contribution in [0.3, 0.4) is 0 Å². The van der Waals surface area contributed by atoms with E-state index in [-0.39, 0.29) is 39.0 Å². The summed E-state index contributed by atoms with van der Waals surface area (Å²) >= 11 is 5.71. The Hall–Kier alpha value is -4.70. The normalized spacial score (nSPS) is 20.7. The molecule has 1 saturated carbocycles. The van der Waals surface area contributed by atoms with Crippen LogP contribution in [0.4, 0.5) is 0 Å².